The third kappa shape index (κ3) is 3.22. The fourth-order valence-electron chi connectivity index (χ4n) is 2.54. The third-order valence-corrected chi connectivity index (χ3v) is 4.00. The first-order valence-electron chi connectivity index (χ1n) is 7.58. The van der Waals surface area contributed by atoms with Crippen molar-refractivity contribution >= 4 is 28.6 Å². The van der Waals surface area contributed by atoms with Crippen molar-refractivity contribution in [1.29, 1.82) is 0 Å². The molecule has 2 aromatic heterocycles. The van der Waals surface area contributed by atoms with Gasteiger partial charge in [-0.15, -0.1) is 0 Å². The van der Waals surface area contributed by atoms with E-state index in [0.29, 0.717) is 27.4 Å². The molecule has 4 rings (SSSR count). The van der Waals surface area contributed by atoms with Crippen molar-refractivity contribution in [3.63, 3.8) is 0 Å². The summed E-state index contributed by atoms with van der Waals surface area (Å²) in [5.41, 5.74) is 3.70. The van der Waals surface area contributed by atoms with Crippen molar-refractivity contribution in [3.8, 4) is 11.1 Å². The number of H-pyrrole nitrogens is 1. The second-order valence-corrected chi connectivity index (χ2v) is 5.92. The molecule has 0 bridgehead atoms. The molecule has 0 saturated heterocycles. The molecule has 0 unspecified atom stereocenters. The number of nitrogens with zero attached hydrogens (tertiary/aromatic N) is 4. The summed E-state index contributed by atoms with van der Waals surface area (Å²) in [6.07, 6.45) is 3.45. The van der Waals surface area contributed by atoms with Crippen molar-refractivity contribution in [3.05, 3.63) is 70.7 Å². The minimum Gasteiger partial charge on any atom is -0.594 e. The summed E-state index contributed by atoms with van der Waals surface area (Å²) in [5.74, 6) is 0.263. The van der Waals surface area contributed by atoms with Gasteiger partial charge in [0.25, 0.3) is 11.5 Å². The van der Waals surface area contributed by atoms with Gasteiger partial charge in [-0.1, -0.05) is 29.8 Å². The molecule has 25 heavy (non-hydrogen) atoms. The molecule has 0 radical (unpaired) electrons. The first-order chi connectivity index (χ1) is 12.2. The van der Waals surface area contributed by atoms with Crippen LogP contribution in [-0.2, 0) is 6.54 Å². The van der Waals surface area contributed by atoms with Crippen molar-refractivity contribution in [2.75, 3.05) is 5.32 Å². The van der Waals surface area contributed by atoms with Gasteiger partial charge < -0.3 is 10.5 Å². The van der Waals surface area contributed by atoms with Crippen LogP contribution in [0.2, 0.25) is 5.02 Å². The van der Waals surface area contributed by atoms with Crippen LogP contribution in [0.3, 0.4) is 0 Å². The second kappa shape index (κ2) is 6.37. The summed E-state index contributed by atoms with van der Waals surface area (Å²) in [6, 6.07) is 12.9. The molecule has 0 aliphatic rings. The Morgan fingerprint density at radius 3 is 2.88 bits per heavy atom. The highest BCUT2D eigenvalue weighted by Crippen LogP contribution is 2.21. The summed E-state index contributed by atoms with van der Waals surface area (Å²) >= 11 is 5.97. The van der Waals surface area contributed by atoms with Gasteiger partial charge in [0.15, 0.2) is 0 Å². The molecule has 0 fully saturated rings. The van der Waals surface area contributed by atoms with Crippen LogP contribution in [0.4, 0.5) is 5.95 Å². The number of hydrogen-bond donors (Lipinski definition) is 2. The molecule has 0 atom stereocenters. The predicted molar refractivity (Wildman–Crippen MR) is 94.9 cm³/mol. The van der Waals surface area contributed by atoms with E-state index in [4.69, 9.17) is 11.6 Å². The first-order valence-corrected chi connectivity index (χ1v) is 7.96. The van der Waals surface area contributed by atoms with Crippen LogP contribution in [0.5, 0.6) is 0 Å². The molecule has 4 aromatic rings. The highest BCUT2D eigenvalue weighted by atomic mass is 35.5. The average molecular weight is 353 g/mol. The molecule has 124 valence electrons. The van der Waals surface area contributed by atoms with E-state index in [2.05, 4.69) is 25.6 Å². The molecule has 2 N–H and O–H groups in total. The minimum absolute atomic E-state index is 0.263. The summed E-state index contributed by atoms with van der Waals surface area (Å²) in [4.78, 5) is 4.97. The first kappa shape index (κ1) is 15.3. The number of hydrogen-bond acceptors (Lipinski definition) is 5. The zero-order valence-electron chi connectivity index (χ0n) is 13.0. The highest BCUT2D eigenvalue weighted by molar-refractivity contribution is 6.30. The maximum absolute atomic E-state index is 12.3. The molecule has 2 heterocycles. The van der Waals surface area contributed by atoms with Gasteiger partial charge in [-0.3, -0.25) is 5.10 Å². The Hall–Kier alpha value is -3.19. The monoisotopic (exact) mass is 352 g/mol. The van der Waals surface area contributed by atoms with E-state index in [0.717, 1.165) is 16.7 Å². The maximum atomic E-state index is 12.3. The zero-order valence-corrected chi connectivity index (χ0v) is 13.7. The minimum atomic E-state index is 0.263. The molecule has 2 aromatic carbocycles. The molecule has 0 aliphatic carbocycles. The van der Waals surface area contributed by atoms with Gasteiger partial charge >= 0.3 is 0 Å². The fraction of sp³-hybridized carbons (Fsp3) is 0.0588. The number of benzene rings is 2. The molecule has 8 heteroatoms. The largest absolute Gasteiger partial charge is 0.594 e. The molecule has 0 aliphatic heterocycles. The van der Waals surface area contributed by atoms with Crippen LogP contribution in [0.25, 0.3) is 22.2 Å². The van der Waals surface area contributed by atoms with Gasteiger partial charge in [-0.05, 0) is 34.2 Å². The van der Waals surface area contributed by atoms with Gasteiger partial charge in [-0.25, -0.2) is 4.98 Å². The Morgan fingerprint density at radius 2 is 2.08 bits per heavy atom. The van der Waals surface area contributed by atoms with Crippen LogP contribution < -0.4 is 10.2 Å². The number of anilines is 1. The van der Waals surface area contributed by atoms with Gasteiger partial charge in [0.05, 0.1) is 11.3 Å². The van der Waals surface area contributed by atoms with E-state index in [1.54, 1.807) is 30.6 Å². The lowest BCUT2D eigenvalue weighted by Gasteiger charge is -2.06. The van der Waals surface area contributed by atoms with E-state index in [1.807, 2.05) is 24.3 Å². The van der Waals surface area contributed by atoms with E-state index in [-0.39, 0.29) is 5.95 Å². The summed E-state index contributed by atoms with van der Waals surface area (Å²) in [7, 11) is 0. The van der Waals surface area contributed by atoms with Crippen molar-refractivity contribution in [2.45, 2.75) is 6.54 Å². The lowest BCUT2D eigenvalue weighted by atomic mass is 10.1. The number of aromatic amines is 1. The second-order valence-electron chi connectivity index (χ2n) is 5.48. The van der Waals surface area contributed by atoms with Crippen molar-refractivity contribution < 1.29 is 4.85 Å². The van der Waals surface area contributed by atoms with Crippen LogP contribution >= 0.6 is 11.6 Å². The Balaban J connectivity index is 1.62. The number of nitrogens with one attached hydrogen (secondary N) is 2. The van der Waals surface area contributed by atoms with E-state index >= 15 is 0 Å². The quantitative estimate of drug-likeness (QED) is 0.435. The average Bonchev–Trinajstić information content (AvgIpc) is 3.14. The summed E-state index contributed by atoms with van der Waals surface area (Å²) in [6.45, 7) is 0.471. The zero-order chi connectivity index (χ0) is 17.2. The van der Waals surface area contributed by atoms with Gasteiger partial charge in [0, 0.05) is 29.4 Å². The topological polar surface area (TPSA) is 93.4 Å². The number of rotatable bonds is 4. The van der Waals surface area contributed by atoms with Crippen molar-refractivity contribution in [1.82, 2.24) is 20.3 Å². The van der Waals surface area contributed by atoms with E-state index in [9.17, 15) is 5.21 Å². The van der Waals surface area contributed by atoms with Gasteiger partial charge in [0.2, 0.25) is 0 Å². The van der Waals surface area contributed by atoms with Gasteiger partial charge in [-0.2, -0.15) is 5.10 Å². The summed E-state index contributed by atoms with van der Waals surface area (Å²) in [5, 5.41) is 26.6. The molecule has 7 nitrogen and oxygen atoms in total. The van der Waals surface area contributed by atoms with Crippen LogP contribution in [0.1, 0.15) is 5.56 Å². The van der Waals surface area contributed by atoms with Crippen molar-refractivity contribution in [2.24, 2.45) is 0 Å². The predicted octanol–water partition coefficient (Wildman–Crippen LogP) is 2.92. The van der Waals surface area contributed by atoms with Crippen LogP contribution in [0, 0.1) is 5.21 Å². The smallest absolute Gasteiger partial charge is 0.290 e. The molecular formula is C17H13ClN6O. The lowest BCUT2D eigenvalue weighted by molar-refractivity contribution is -0.641. The Labute approximate surface area is 147 Å². The fourth-order valence-corrected chi connectivity index (χ4v) is 2.75. The standard InChI is InChI=1S/C17H13ClN6O/c18-14-3-1-2-11(6-14)8-19-17-22-15-5-4-12(13-9-20-21-10-13)7-16(15)24(25)23-17/h1-7,9-10H,8H2,(H,20,21)(H,19,22,23). The lowest BCUT2D eigenvalue weighted by Crippen LogP contribution is -2.33. The van der Waals surface area contributed by atoms with Crippen LogP contribution in [0.15, 0.2) is 54.9 Å². The third-order valence-electron chi connectivity index (χ3n) is 3.76. The highest BCUT2D eigenvalue weighted by Gasteiger charge is 2.12. The molecule has 0 saturated carbocycles. The SMILES string of the molecule is [O-][n+]1nc(NCc2cccc(Cl)c2)nc2ccc(-c3cn[nH]c3)cc21. The Bertz CT molecular complexity index is 1030. The maximum Gasteiger partial charge on any atom is 0.290 e. The molecule has 0 spiro atoms. The van der Waals surface area contributed by atoms with Gasteiger partial charge in [0.1, 0.15) is 5.52 Å². The number of aromatic nitrogens is 5. The van der Waals surface area contributed by atoms with E-state index in [1.165, 1.54) is 0 Å². The summed E-state index contributed by atoms with van der Waals surface area (Å²) < 4.78 is 0. The van der Waals surface area contributed by atoms with Crippen LogP contribution in [-0.4, -0.2) is 20.3 Å². The number of fused-ring (bicyclic) bond motifs is 1. The van der Waals surface area contributed by atoms with E-state index < -0.39 is 0 Å². The Kier molecular flexibility index (Phi) is 3.91. The molecular weight excluding hydrogens is 340 g/mol. The Morgan fingerprint density at radius 1 is 1.16 bits per heavy atom. The number of halogens is 1. The normalized spacial score (nSPS) is 10.9. The molecule has 0 amide bonds.